The van der Waals surface area contributed by atoms with E-state index < -0.39 is 0 Å². The molecule has 2 N–H and O–H groups in total. The van der Waals surface area contributed by atoms with Gasteiger partial charge in [-0.15, -0.1) is 0 Å². The molecule has 31 heavy (non-hydrogen) atoms. The number of hydrogen-bond acceptors (Lipinski definition) is 4. The van der Waals surface area contributed by atoms with Crippen LogP contribution >= 0.6 is 15.9 Å². The number of benzene rings is 3. The second-order valence-electron chi connectivity index (χ2n) is 6.67. The van der Waals surface area contributed by atoms with Crippen LogP contribution < -0.4 is 20.1 Å². The molecule has 0 fully saturated rings. The zero-order chi connectivity index (χ0) is 22.2. The second-order valence-corrected chi connectivity index (χ2v) is 7.53. The monoisotopic (exact) mass is 482 g/mol. The fraction of sp³-hybridized carbons (Fsp3) is 0.167. The summed E-state index contributed by atoms with van der Waals surface area (Å²) in [5.41, 5.74) is 2.35. The smallest absolute Gasteiger partial charge is 0.256 e. The molecule has 0 unspecified atom stereocenters. The van der Waals surface area contributed by atoms with Crippen molar-refractivity contribution in [1.82, 2.24) is 5.32 Å². The highest BCUT2D eigenvalue weighted by atomic mass is 79.9. The van der Waals surface area contributed by atoms with Crippen LogP contribution in [0.1, 0.15) is 26.3 Å². The molecule has 0 atom stereocenters. The summed E-state index contributed by atoms with van der Waals surface area (Å²) in [5.74, 6) is 0.748. The number of rotatable bonds is 8. The highest BCUT2D eigenvalue weighted by Crippen LogP contribution is 2.27. The summed E-state index contributed by atoms with van der Waals surface area (Å²) in [7, 11) is 3.17. The van der Waals surface area contributed by atoms with Gasteiger partial charge in [-0.05, 0) is 64.3 Å². The molecule has 0 saturated carbocycles. The maximum Gasteiger partial charge on any atom is 0.256 e. The Bertz CT molecular complexity index is 1080. The van der Waals surface area contributed by atoms with E-state index in [2.05, 4.69) is 26.6 Å². The zero-order valence-electron chi connectivity index (χ0n) is 17.3. The number of amides is 2. The minimum absolute atomic E-state index is 0.261. The Kier molecular flexibility index (Phi) is 7.67. The van der Waals surface area contributed by atoms with E-state index in [1.807, 2.05) is 24.3 Å². The van der Waals surface area contributed by atoms with E-state index in [0.717, 1.165) is 5.56 Å². The van der Waals surface area contributed by atoms with Crippen LogP contribution in [-0.2, 0) is 6.42 Å². The summed E-state index contributed by atoms with van der Waals surface area (Å²) in [6.07, 6.45) is 0.623. The summed E-state index contributed by atoms with van der Waals surface area (Å²) in [6.45, 7) is 0.431. The van der Waals surface area contributed by atoms with E-state index in [1.54, 1.807) is 56.7 Å². The molecule has 2 amide bonds. The predicted octanol–water partition coefficient (Wildman–Crippen LogP) is 4.69. The van der Waals surface area contributed by atoms with Crippen LogP contribution in [0, 0.1) is 0 Å². The molecule has 0 heterocycles. The van der Waals surface area contributed by atoms with Gasteiger partial charge in [0.25, 0.3) is 11.8 Å². The average Bonchev–Trinajstić information content (AvgIpc) is 2.79. The Morgan fingerprint density at radius 1 is 0.839 bits per heavy atom. The van der Waals surface area contributed by atoms with E-state index in [1.165, 1.54) is 0 Å². The molecule has 3 aromatic rings. The van der Waals surface area contributed by atoms with Crippen molar-refractivity contribution in [3.8, 4) is 11.5 Å². The van der Waals surface area contributed by atoms with Gasteiger partial charge in [-0.1, -0.05) is 30.3 Å². The number of carbonyl (C=O) groups excluding carboxylic acids is 2. The molecule has 7 heteroatoms. The van der Waals surface area contributed by atoms with E-state index in [0.29, 0.717) is 45.8 Å². The van der Waals surface area contributed by atoms with Gasteiger partial charge < -0.3 is 20.1 Å². The van der Waals surface area contributed by atoms with Crippen molar-refractivity contribution >= 4 is 33.4 Å². The first-order valence-electron chi connectivity index (χ1n) is 9.67. The molecule has 0 radical (unpaired) electrons. The number of para-hydroxylation sites is 1. The van der Waals surface area contributed by atoms with Crippen molar-refractivity contribution in [2.75, 3.05) is 26.1 Å². The van der Waals surface area contributed by atoms with Gasteiger partial charge in [-0.2, -0.15) is 0 Å². The maximum absolute atomic E-state index is 12.7. The van der Waals surface area contributed by atoms with Gasteiger partial charge in [0.05, 0.1) is 31.0 Å². The lowest BCUT2D eigenvalue weighted by Gasteiger charge is -2.13. The zero-order valence-corrected chi connectivity index (χ0v) is 18.9. The number of ether oxygens (including phenoxy) is 2. The largest absolute Gasteiger partial charge is 0.493 e. The Balaban J connectivity index is 1.65. The molecule has 3 aromatic carbocycles. The van der Waals surface area contributed by atoms with Gasteiger partial charge in [-0.25, -0.2) is 0 Å². The molecule has 0 aliphatic carbocycles. The molecule has 0 aromatic heterocycles. The molecular formula is C24H23BrN2O4. The van der Waals surface area contributed by atoms with Crippen LogP contribution in [0.2, 0.25) is 0 Å². The molecule has 0 saturated heterocycles. The van der Waals surface area contributed by atoms with E-state index in [4.69, 9.17) is 9.47 Å². The summed E-state index contributed by atoms with van der Waals surface area (Å²) in [6, 6.07) is 19.7. The molecule has 160 valence electrons. The average molecular weight is 483 g/mol. The number of halogens is 1. The topological polar surface area (TPSA) is 76.7 Å². The summed E-state index contributed by atoms with van der Waals surface area (Å²) in [4.78, 5) is 25.4. The summed E-state index contributed by atoms with van der Waals surface area (Å²) < 4.78 is 11.2. The Morgan fingerprint density at radius 2 is 1.52 bits per heavy atom. The number of hydrogen-bond donors (Lipinski definition) is 2. The Morgan fingerprint density at radius 3 is 2.23 bits per heavy atom. The van der Waals surface area contributed by atoms with Crippen molar-refractivity contribution in [2.24, 2.45) is 0 Å². The molecule has 0 aliphatic rings. The van der Waals surface area contributed by atoms with Gasteiger partial charge in [-0.3, -0.25) is 9.59 Å². The molecule has 6 nitrogen and oxygen atoms in total. The Hall–Kier alpha value is -3.32. The Labute approximate surface area is 189 Å². The quantitative estimate of drug-likeness (QED) is 0.488. The molecule has 3 rings (SSSR count). The summed E-state index contributed by atoms with van der Waals surface area (Å²) in [5, 5.41) is 5.73. The first kappa shape index (κ1) is 22.4. The lowest BCUT2D eigenvalue weighted by molar-refractivity contribution is 0.0955. The fourth-order valence-electron chi connectivity index (χ4n) is 3.08. The van der Waals surface area contributed by atoms with Crippen LogP contribution in [-0.4, -0.2) is 32.6 Å². The third-order valence-electron chi connectivity index (χ3n) is 4.69. The van der Waals surface area contributed by atoms with Gasteiger partial charge in [0.1, 0.15) is 0 Å². The van der Waals surface area contributed by atoms with Gasteiger partial charge in [0.15, 0.2) is 11.5 Å². The first-order chi connectivity index (χ1) is 15.0. The predicted molar refractivity (Wildman–Crippen MR) is 124 cm³/mol. The van der Waals surface area contributed by atoms with Crippen molar-refractivity contribution in [3.63, 3.8) is 0 Å². The van der Waals surface area contributed by atoms with E-state index in [-0.39, 0.29) is 11.8 Å². The van der Waals surface area contributed by atoms with Crippen LogP contribution in [0.25, 0.3) is 0 Å². The molecule has 0 bridgehead atoms. The van der Waals surface area contributed by atoms with Crippen LogP contribution in [0.3, 0.4) is 0 Å². The van der Waals surface area contributed by atoms with Gasteiger partial charge in [0, 0.05) is 11.0 Å². The minimum atomic E-state index is -0.293. The maximum atomic E-state index is 12.7. The van der Waals surface area contributed by atoms with Crippen LogP contribution in [0.15, 0.2) is 71.2 Å². The van der Waals surface area contributed by atoms with Crippen molar-refractivity contribution in [3.05, 3.63) is 87.9 Å². The standard InChI is InChI=1S/C24H23BrN2O4/c1-30-21-12-11-16(15-22(21)31-2)13-14-26-23(28)18-8-4-6-10-20(18)27-24(29)17-7-3-5-9-19(17)25/h3-12,15H,13-14H2,1-2H3,(H,26,28)(H,27,29). The number of anilines is 1. The molecular weight excluding hydrogens is 460 g/mol. The van der Waals surface area contributed by atoms with E-state index in [9.17, 15) is 9.59 Å². The van der Waals surface area contributed by atoms with Crippen LogP contribution in [0.4, 0.5) is 5.69 Å². The van der Waals surface area contributed by atoms with Gasteiger partial charge >= 0.3 is 0 Å². The lowest BCUT2D eigenvalue weighted by Crippen LogP contribution is -2.27. The SMILES string of the molecule is COc1ccc(CCNC(=O)c2ccccc2NC(=O)c2ccccc2Br)cc1OC. The van der Waals surface area contributed by atoms with Crippen LogP contribution in [0.5, 0.6) is 11.5 Å². The fourth-order valence-corrected chi connectivity index (χ4v) is 3.54. The number of carbonyl (C=O) groups is 2. The molecule has 0 aliphatic heterocycles. The third kappa shape index (κ3) is 5.64. The molecule has 0 spiro atoms. The normalized spacial score (nSPS) is 10.3. The first-order valence-corrected chi connectivity index (χ1v) is 10.5. The lowest BCUT2D eigenvalue weighted by atomic mass is 10.1. The number of nitrogens with one attached hydrogen (secondary N) is 2. The summed E-state index contributed by atoms with van der Waals surface area (Å²) >= 11 is 3.38. The van der Waals surface area contributed by atoms with Crippen molar-refractivity contribution in [2.45, 2.75) is 6.42 Å². The number of methoxy groups -OCH3 is 2. The highest BCUT2D eigenvalue weighted by Gasteiger charge is 2.15. The van der Waals surface area contributed by atoms with Crippen molar-refractivity contribution < 1.29 is 19.1 Å². The van der Waals surface area contributed by atoms with Crippen molar-refractivity contribution in [1.29, 1.82) is 0 Å². The minimum Gasteiger partial charge on any atom is -0.493 e. The second kappa shape index (κ2) is 10.6. The van der Waals surface area contributed by atoms with E-state index >= 15 is 0 Å². The highest BCUT2D eigenvalue weighted by molar-refractivity contribution is 9.10. The third-order valence-corrected chi connectivity index (χ3v) is 5.38. The van der Waals surface area contributed by atoms with Gasteiger partial charge in [0.2, 0.25) is 0 Å².